The third-order valence-corrected chi connectivity index (χ3v) is 4.21. The van der Waals surface area contributed by atoms with Crippen molar-refractivity contribution in [3.05, 3.63) is 35.6 Å². The van der Waals surface area contributed by atoms with Gasteiger partial charge in [-0.15, -0.1) is 0 Å². The number of hydrogen-bond acceptors (Lipinski definition) is 1. The van der Waals surface area contributed by atoms with Crippen LogP contribution in [0.5, 0.6) is 0 Å². The number of benzene rings is 1. The predicted molar refractivity (Wildman–Crippen MR) is 58.0 cm³/mol. The van der Waals surface area contributed by atoms with Crippen LogP contribution in [-0.2, 0) is 5.41 Å². The average Bonchev–Trinajstić information content (AvgIpc) is 2.94. The summed E-state index contributed by atoms with van der Waals surface area (Å²) in [6.07, 6.45) is 5.04. The SMILES string of the molecule is NCC1(c2cccc(F)c2)CC2(CC2)C1. The molecule has 2 N–H and O–H groups in total. The monoisotopic (exact) mass is 205 g/mol. The van der Waals surface area contributed by atoms with E-state index in [1.54, 1.807) is 12.1 Å². The zero-order valence-electron chi connectivity index (χ0n) is 8.80. The van der Waals surface area contributed by atoms with Crippen molar-refractivity contribution in [1.82, 2.24) is 0 Å². The van der Waals surface area contributed by atoms with Crippen LogP contribution >= 0.6 is 0 Å². The van der Waals surface area contributed by atoms with Crippen molar-refractivity contribution in [3.63, 3.8) is 0 Å². The summed E-state index contributed by atoms with van der Waals surface area (Å²) in [7, 11) is 0. The van der Waals surface area contributed by atoms with Crippen LogP contribution in [0.3, 0.4) is 0 Å². The van der Waals surface area contributed by atoms with Gasteiger partial charge in [0.05, 0.1) is 0 Å². The Hall–Kier alpha value is -0.890. The first-order valence-electron chi connectivity index (χ1n) is 5.64. The molecule has 0 saturated heterocycles. The van der Waals surface area contributed by atoms with Crippen molar-refractivity contribution in [2.75, 3.05) is 6.54 Å². The van der Waals surface area contributed by atoms with Gasteiger partial charge in [-0.3, -0.25) is 0 Å². The molecule has 0 radical (unpaired) electrons. The van der Waals surface area contributed by atoms with Crippen LogP contribution < -0.4 is 5.73 Å². The third kappa shape index (κ3) is 1.31. The zero-order valence-corrected chi connectivity index (χ0v) is 8.80. The molecular weight excluding hydrogens is 189 g/mol. The van der Waals surface area contributed by atoms with Crippen LogP contribution in [0, 0.1) is 11.2 Å². The molecule has 0 heterocycles. The van der Waals surface area contributed by atoms with E-state index in [4.69, 9.17) is 5.73 Å². The average molecular weight is 205 g/mol. The Morgan fingerprint density at radius 2 is 2.00 bits per heavy atom. The molecule has 0 bridgehead atoms. The van der Waals surface area contributed by atoms with Crippen LogP contribution in [0.1, 0.15) is 31.2 Å². The smallest absolute Gasteiger partial charge is 0.123 e. The summed E-state index contributed by atoms with van der Waals surface area (Å²) in [5, 5.41) is 0. The molecule has 2 aliphatic rings. The molecule has 0 amide bonds. The lowest BCUT2D eigenvalue weighted by Gasteiger charge is -2.48. The molecule has 0 aromatic heterocycles. The van der Waals surface area contributed by atoms with Crippen LogP contribution in [0.25, 0.3) is 0 Å². The topological polar surface area (TPSA) is 26.0 Å². The molecule has 1 aromatic carbocycles. The number of hydrogen-bond donors (Lipinski definition) is 1. The first-order valence-corrected chi connectivity index (χ1v) is 5.64. The van der Waals surface area contributed by atoms with E-state index in [0.717, 1.165) is 5.56 Å². The molecule has 15 heavy (non-hydrogen) atoms. The van der Waals surface area contributed by atoms with E-state index < -0.39 is 0 Å². The Kier molecular flexibility index (Phi) is 1.76. The minimum absolute atomic E-state index is 0.0819. The molecular formula is C13H16FN. The maximum atomic E-state index is 13.2. The normalized spacial score (nSPS) is 24.9. The van der Waals surface area contributed by atoms with Crippen LogP contribution in [0.2, 0.25) is 0 Å². The van der Waals surface area contributed by atoms with E-state index in [9.17, 15) is 4.39 Å². The van der Waals surface area contributed by atoms with Crippen LogP contribution in [-0.4, -0.2) is 6.54 Å². The van der Waals surface area contributed by atoms with Gasteiger partial charge in [0.1, 0.15) is 5.82 Å². The van der Waals surface area contributed by atoms with Crippen molar-refractivity contribution in [3.8, 4) is 0 Å². The van der Waals surface area contributed by atoms with E-state index in [-0.39, 0.29) is 11.2 Å². The van der Waals surface area contributed by atoms with Crippen LogP contribution in [0.15, 0.2) is 24.3 Å². The van der Waals surface area contributed by atoms with Gasteiger partial charge in [0.15, 0.2) is 0 Å². The lowest BCUT2D eigenvalue weighted by atomic mass is 9.56. The van der Waals surface area contributed by atoms with Crippen molar-refractivity contribution in [1.29, 1.82) is 0 Å². The Morgan fingerprint density at radius 3 is 2.53 bits per heavy atom. The third-order valence-electron chi connectivity index (χ3n) is 4.21. The Morgan fingerprint density at radius 1 is 1.27 bits per heavy atom. The second-order valence-electron chi connectivity index (χ2n) is 5.35. The van der Waals surface area contributed by atoms with Crippen molar-refractivity contribution in [2.24, 2.45) is 11.1 Å². The molecule has 2 heteroatoms. The van der Waals surface area contributed by atoms with Gasteiger partial charge in [-0.25, -0.2) is 4.39 Å². The summed E-state index contributed by atoms with van der Waals surface area (Å²) >= 11 is 0. The highest BCUT2D eigenvalue weighted by Gasteiger charge is 2.60. The highest BCUT2D eigenvalue weighted by molar-refractivity contribution is 5.33. The van der Waals surface area contributed by atoms with Gasteiger partial charge < -0.3 is 5.73 Å². The lowest BCUT2D eigenvalue weighted by molar-refractivity contribution is 0.126. The van der Waals surface area contributed by atoms with Gasteiger partial charge in [-0.05, 0) is 48.8 Å². The van der Waals surface area contributed by atoms with Crippen LogP contribution in [0.4, 0.5) is 4.39 Å². The molecule has 0 aliphatic heterocycles. The minimum atomic E-state index is -0.142. The fourth-order valence-electron chi connectivity index (χ4n) is 3.20. The van der Waals surface area contributed by atoms with E-state index in [1.165, 1.54) is 31.7 Å². The molecule has 1 spiro atoms. The first-order chi connectivity index (χ1) is 7.18. The molecule has 2 saturated carbocycles. The zero-order chi connectivity index (χ0) is 10.5. The molecule has 2 aliphatic carbocycles. The van der Waals surface area contributed by atoms with Gasteiger partial charge in [-0.1, -0.05) is 12.1 Å². The van der Waals surface area contributed by atoms with E-state index in [1.807, 2.05) is 6.07 Å². The quantitative estimate of drug-likeness (QED) is 0.789. The number of rotatable bonds is 2. The largest absolute Gasteiger partial charge is 0.330 e. The van der Waals surface area contributed by atoms with Gasteiger partial charge in [-0.2, -0.15) is 0 Å². The fraction of sp³-hybridized carbons (Fsp3) is 0.538. The summed E-state index contributed by atoms with van der Waals surface area (Å²) in [5.41, 5.74) is 7.66. The second-order valence-corrected chi connectivity index (χ2v) is 5.35. The number of halogens is 1. The summed E-state index contributed by atoms with van der Waals surface area (Å²) in [6, 6.07) is 6.96. The Balaban J connectivity index is 1.91. The highest BCUT2D eigenvalue weighted by Crippen LogP contribution is 2.68. The summed E-state index contributed by atoms with van der Waals surface area (Å²) in [4.78, 5) is 0. The minimum Gasteiger partial charge on any atom is -0.330 e. The summed E-state index contributed by atoms with van der Waals surface area (Å²) < 4.78 is 13.2. The Labute approximate surface area is 89.5 Å². The van der Waals surface area contributed by atoms with E-state index >= 15 is 0 Å². The maximum absolute atomic E-state index is 13.2. The van der Waals surface area contributed by atoms with E-state index in [0.29, 0.717) is 12.0 Å². The molecule has 1 aromatic rings. The molecule has 2 fully saturated rings. The van der Waals surface area contributed by atoms with Crippen molar-refractivity contribution in [2.45, 2.75) is 31.1 Å². The second kappa shape index (κ2) is 2.82. The van der Waals surface area contributed by atoms with Gasteiger partial charge in [0, 0.05) is 12.0 Å². The lowest BCUT2D eigenvalue weighted by Crippen LogP contribution is -2.48. The maximum Gasteiger partial charge on any atom is 0.123 e. The molecule has 0 atom stereocenters. The summed E-state index contributed by atoms with van der Waals surface area (Å²) in [5.74, 6) is -0.142. The van der Waals surface area contributed by atoms with Gasteiger partial charge in [0.2, 0.25) is 0 Å². The van der Waals surface area contributed by atoms with E-state index in [2.05, 4.69) is 0 Å². The van der Waals surface area contributed by atoms with Crippen molar-refractivity contribution < 1.29 is 4.39 Å². The van der Waals surface area contributed by atoms with Gasteiger partial charge >= 0.3 is 0 Å². The summed E-state index contributed by atoms with van der Waals surface area (Å²) in [6.45, 7) is 0.651. The molecule has 3 rings (SSSR count). The first kappa shape index (κ1) is 9.34. The molecule has 0 unspecified atom stereocenters. The molecule has 1 nitrogen and oxygen atoms in total. The van der Waals surface area contributed by atoms with Gasteiger partial charge in [0.25, 0.3) is 0 Å². The molecule has 80 valence electrons. The fourth-order valence-corrected chi connectivity index (χ4v) is 3.20. The predicted octanol–water partition coefficient (Wildman–Crippen LogP) is 2.60. The Bertz CT molecular complexity index is 387. The number of nitrogens with two attached hydrogens (primary N) is 1. The highest BCUT2D eigenvalue weighted by atomic mass is 19.1. The standard InChI is InChI=1S/C13H16FN/c14-11-3-1-2-10(6-11)13(9-15)7-12(8-13)4-5-12/h1-3,6H,4-5,7-9,15H2. The van der Waals surface area contributed by atoms with Crippen molar-refractivity contribution >= 4 is 0 Å².